The lowest BCUT2D eigenvalue weighted by molar-refractivity contribution is -0.140. The van der Waals surface area contributed by atoms with Gasteiger partial charge in [-0.3, -0.25) is 4.79 Å². The summed E-state index contributed by atoms with van der Waals surface area (Å²) in [5.41, 5.74) is 0.210. The molecule has 122 valence electrons. The molecule has 1 aromatic carbocycles. The van der Waals surface area contributed by atoms with E-state index in [2.05, 4.69) is 21.2 Å². The lowest BCUT2D eigenvalue weighted by Crippen LogP contribution is -2.44. The van der Waals surface area contributed by atoms with Gasteiger partial charge in [-0.25, -0.2) is 18.4 Å². The second kappa shape index (κ2) is 6.76. The number of primary sulfonamides is 1. The Labute approximate surface area is 137 Å². The van der Waals surface area contributed by atoms with E-state index in [-0.39, 0.29) is 21.9 Å². The molecule has 0 bridgehead atoms. The monoisotopic (exact) mass is 392 g/mol. The number of rotatable bonds is 5. The predicted molar refractivity (Wildman–Crippen MR) is 84.0 cm³/mol. The lowest BCUT2D eigenvalue weighted by Gasteiger charge is -2.19. The first-order chi connectivity index (χ1) is 9.95. The molecule has 0 radical (unpaired) electrons. The van der Waals surface area contributed by atoms with Gasteiger partial charge >= 0.3 is 5.97 Å². The highest BCUT2D eigenvalue weighted by molar-refractivity contribution is 9.10. The van der Waals surface area contributed by atoms with E-state index in [0.29, 0.717) is 4.47 Å². The summed E-state index contributed by atoms with van der Waals surface area (Å²) < 4.78 is 23.5. The summed E-state index contributed by atoms with van der Waals surface area (Å²) in [6, 6.07) is 1.63. The summed E-state index contributed by atoms with van der Waals surface area (Å²) in [6.45, 7) is 4.75. The van der Waals surface area contributed by atoms with Crippen molar-refractivity contribution in [3.05, 3.63) is 27.7 Å². The normalized spacial score (nSPS) is 13.0. The summed E-state index contributed by atoms with van der Waals surface area (Å²) in [4.78, 5) is 23.2. The van der Waals surface area contributed by atoms with Gasteiger partial charge in [0, 0.05) is 10.0 Å². The van der Waals surface area contributed by atoms with Crippen molar-refractivity contribution in [3.63, 3.8) is 0 Å². The first-order valence-corrected chi connectivity index (χ1v) is 8.65. The van der Waals surface area contributed by atoms with Gasteiger partial charge < -0.3 is 10.4 Å². The van der Waals surface area contributed by atoms with Crippen molar-refractivity contribution in [1.29, 1.82) is 0 Å². The van der Waals surface area contributed by atoms with Crippen LogP contribution in [0.25, 0.3) is 0 Å². The first-order valence-electron chi connectivity index (χ1n) is 6.31. The molecule has 0 saturated heterocycles. The van der Waals surface area contributed by atoms with Crippen LogP contribution in [-0.4, -0.2) is 31.4 Å². The molecule has 0 spiro atoms. The van der Waals surface area contributed by atoms with Crippen LogP contribution in [0, 0.1) is 12.8 Å². The number of carbonyl (C=O) groups excluding carboxylic acids is 1. The van der Waals surface area contributed by atoms with Gasteiger partial charge in [0.1, 0.15) is 6.04 Å². The molecule has 4 N–H and O–H groups in total. The SMILES string of the molecule is Cc1c(C(=O)N[C@@H](C(=O)O)C(C)C)cc(Br)cc1S(N)(=O)=O. The lowest BCUT2D eigenvalue weighted by atomic mass is 10.0. The van der Waals surface area contributed by atoms with Crippen molar-refractivity contribution in [2.75, 3.05) is 0 Å². The maximum Gasteiger partial charge on any atom is 0.326 e. The summed E-state index contributed by atoms with van der Waals surface area (Å²) in [5, 5.41) is 16.6. The Morgan fingerprint density at radius 3 is 2.27 bits per heavy atom. The average molecular weight is 393 g/mol. The van der Waals surface area contributed by atoms with Crippen molar-refractivity contribution >= 4 is 37.8 Å². The Balaban J connectivity index is 3.30. The van der Waals surface area contributed by atoms with Gasteiger partial charge in [0.05, 0.1) is 4.90 Å². The van der Waals surface area contributed by atoms with Crippen LogP contribution in [0.15, 0.2) is 21.5 Å². The standard InChI is InChI=1S/C13H17BrN2O5S/c1-6(2)11(13(18)19)16-12(17)9-4-8(14)5-10(7(9)3)22(15,20)21/h4-6,11H,1-3H3,(H,16,17)(H,18,19)(H2,15,20,21)/t11-/m1/s1. The Bertz CT molecular complexity index is 715. The summed E-state index contributed by atoms with van der Waals surface area (Å²) in [7, 11) is -4.00. The summed E-state index contributed by atoms with van der Waals surface area (Å²) >= 11 is 3.12. The van der Waals surface area contributed by atoms with Crippen molar-refractivity contribution in [2.45, 2.75) is 31.7 Å². The molecule has 0 unspecified atom stereocenters. The van der Waals surface area contributed by atoms with Crippen molar-refractivity contribution in [2.24, 2.45) is 11.1 Å². The second-order valence-electron chi connectivity index (χ2n) is 5.15. The Morgan fingerprint density at radius 1 is 1.32 bits per heavy atom. The molecule has 7 nitrogen and oxygen atoms in total. The zero-order valence-corrected chi connectivity index (χ0v) is 14.7. The van der Waals surface area contributed by atoms with Crippen LogP contribution in [0.1, 0.15) is 29.8 Å². The number of hydrogen-bond acceptors (Lipinski definition) is 4. The smallest absolute Gasteiger partial charge is 0.326 e. The van der Waals surface area contributed by atoms with Crippen LogP contribution in [0.4, 0.5) is 0 Å². The maximum absolute atomic E-state index is 12.3. The molecule has 1 atom stereocenters. The molecule has 0 heterocycles. The molecule has 22 heavy (non-hydrogen) atoms. The van der Waals surface area contributed by atoms with E-state index in [1.54, 1.807) is 13.8 Å². The van der Waals surface area contributed by atoms with E-state index in [0.717, 1.165) is 0 Å². The summed E-state index contributed by atoms with van der Waals surface area (Å²) in [6.07, 6.45) is 0. The van der Waals surface area contributed by atoms with Crippen LogP contribution >= 0.6 is 15.9 Å². The Morgan fingerprint density at radius 2 is 1.86 bits per heavy atom. The van der Waals surface area contributed by atoms with Crippen LogP contribution in [0.2, 0.25) is 0 Å². The number of carboxylic acid groups (broad SMARTS) is 1. The Kier molecular flexibility index (Phi) is 5.71. The quantitative estimate of drug-likeness (QED) is 0.694. The fourth-order valence-electron chi connectivity index (χ4n) is 1.92. The molecule has 0 aliphatic carbocycles. The van der Waals surface area contributed by atoms with Gasteiger partial charge in [0.25, 0.3) is 5.91 Å². The molecule has 9 heteroatoms. The fourth-order valence-corrected chi connectivity index (χ4v) is 3.36. The van der Waals surface area contributed by atoms with Gasteiger partial charge in [-0.1, -0.05) is 29.8 Å². The zero-order chi connectivity index (χ0) is 17.2. The summed E-state index contributed by atoms with van der Waals surface area (Å²) in [5.74, 6) is -2.17. The topological polar surface area (TPSA) is 127 Å². The minimum atomic E-state index is -4.00. The van der Waals surface area contributed by atoms with Crippen molar-refractivity contribution < 1.29 is 23.1 Å². The second-order valence-corrected chi connectivity index (χ2v) is 7.60. The third-order valence-corrected chi connectivity index (χ3v) is 4.59. The molecule has 1 amide bonds. The third-order valence-electron chi connectivity index (χ3n) is 3.10. The van der Waals surface area contributed by atoms with Gasteiger partial charge in [-0.15, -0.1) is 0 Å². The Hall–Kier alpha value is -1.45. The van der Waals surface area contributed by atoms with Gasteiger partial charge in [-0.2, -0.15) is 0 Å². The number of aliphatic carboxylic acids is 1. The average Bonchev–Trinajstić information content (AvgIpc) is 2.35. The van der Waals surface area contributed by atoms with E-state index in [9.17, 15) is 18.0 Å². The highest BCUT2D eigenvalue weighted by Crippen LogP contribution is 2.24. The van der Waals surface area contributed by atoms with Gasteiger partial charge in [-0.05, 0) is 30.5 Å². The number of nitrogens with one attached hydrogen (secondary N) is 1. The molecule has 0 fully saturated rings. The molecule has 1 rings (SSSR count). The highest BCUT2D eigenvalue weighted by atomic mass is 79.9. The fraction of sp³-hybridized carbons (Fsp3) is 0.385. The van der Waals surface area contributed by atoms with E-state index in [1.165, 1.54) is 19.1 Å². The third kappa shape index (κ3) is 4.28. The number of halogens is 1. The minimum Gasteiger partial charge on any atom is -0.480 e. The van der Waals surface area contributed by atoms with Crippen LogP contribution in [0.3, 0.4) is 0 Å². The van der Waals surface area contributed by atoms with E-state index in [1.807, 2.05) is 0 Å². The van der Waals surface area contributed by atoms with Gasteiger partial charge in [0.15, 0.2) is 0 Å². The predicted octanol–water partition coefficient (Wildman–Crippen LogP) is 1.24. The molecule has 0 saturated carbocycles. The number of nitrogens with two attached hydrogens (primary N) is 1. The van der Waals surface area contributed by atoms with Crippen LogP contribution in [-0.2, 0) is 14.8 Å². The number of hydrogen-bond donors (Lipinski definition) is 3. The number of carbonyl (C=O) groups is 2. The molecule has 0 aromatic heterocycles. The number of amides is 1. The number of sulfonamides is 1. The minimum absolute atomic E-state index is 0.0466. The van der Waals surface area contributed by atoms with Gasteiger partial charge in [0.2, 0.25) is 10.0 Å². The molecule has 0 aliphatic rings. The molecular formula is C13H17BrN2O5S. The van der Waals surface area contributed by atoms with E-state index >= 15 is 0 Å². The first kappa shape index (κ1) is 18.6. The largest absolute Gasteiger partial charge is 0.480 e. The van der Waals surface area contributed by atoms with E-state index < -0.39 is 27.9 Å². The highest BCUT2D eigenvalue weighted by Gasteiger charge is 2.26. The molecular weight excluding hydrogens is 376 g/mol. The van der Waals surface area contributed by atoms with Crippen molar-refractivity contribution in [1.82, 2.24) is 5.32 Å². The molecule has 1 aromatic rings. The number of carboxylic acids is 1. The number of benzene rings is 1. The van der Waals surface area contributed by atoms with Crippen LogP contribution in [0.5, 0.6) is 0 Å². The zero-order valence-electron chi connectivity index (χ0n) is 12.3. The van der Waals surface area contributed by atoms with E-state index in [4.69, 9.17) is 10.2 Å². The maximum atomic E-state index is 12.3. The van der Waals surface area contributed by atoms with Crippen LogP contribution < -0.4 is 10.5 Å². The van der Waals surface area contributed by atoms with Crippen molar-refractivity contribution in [3.8, 4) is 0 Å². The molecule has 0 aliphatic heterocycles.